The van der Waals surface area contributed by atoms with Crippen molar-refractivity contribution in [3.05, 3.63) is 60.2 Å². The van der Waals surface area contributed by atoms with Crippen LogP contribution in [0, 0.1) is 6.92 Å². The van der Waals surface area contributed by atoms with Gasteiger partial charge in [0, 0.05) is 10.9 Å². The highest BCUT2D eigenvalue weighted by Gasteiger charge is 2.06. The second-order valence-corrected chi connectivity index (χ2v) is 4.48. The van der Waals surface area contributed by atoms with Gasteiger partial charge in [-0.25, -0.2) is 4.98 Å². The van der Waals surface area contributed by atoms with Gasteiger partial charge in [-0.2, -0.15) is 0 Å². The van der Waals surface area contributed by atoms with Gasteiger partial charge >= 0.3 is 0 Å². The first kappa shape index (κ1) is 13.4. The molecule has 2 nitrogen and oxygen atoms in total. The number of hydrogen-bond donors (Lipinski definition) is 1. The molecular weight excluding hydrogens is 256 g/mol. The van der Waals surface area contributed by atoms with E-state index in [0.29, 0.717) is 5.82 Å². The van der Waals surface area contributed by atoms with Crippen LogP contribution in [0.4, 0.5) is 5.82 Å². The summed E-state index contributed by atoms with van der Waals surface area (Å²) in [5.41, 5.74) is 10.3. The molecule has 1 aromatic heterocycles. The first-order chi connectivity index (χ1) is 8.74. The standard InChI is InChI=1S/C16H14N2.ClH/c1-11-7-8-13-10-14(12-5-3-2-4-6-12)16(17)18-15(13)9-11;/h2-10H,1H3,(H2,17,18);1H. The Bertz CT molecular complexity index is 709. The lowest BCUT2D eigenvalue weighted by molar-refractivity contribution is 1.39. The van der Waals surface area contributed by atoms with Crippen LogP contribution in [0.5, 0.6) is 0 Å². The number of anilines is 1. The fourth-order valence-corrected chi connectivity index (χ4v) is 2.14. The van der Waals surface area contributed by atoms with Crippen molar-refractivity contribution in [2.45, 2.75) is 6.92 Å². The van der Waals surface area contributed by atoms with Gasteiger partial charge in [0.1, 0.15) is 5.82 Å². The number of hydrogen-bond acceptors (Lipinski definition) is 2. The predicted molar refractivity (Wildman–Crippen MR) is 83.6 cm³/mol. The molecule has 0 radical (unpaired) electrons. The molecule has 0 amide bonds. The lowest BCUT2D eigenvalue weighted by atomic mass is 10.0. The molecule has 1 heterocycles. The van der Waals surface area contributed by atoms with E-state index in [-0.39, 0.29) is 12.4 Å². The van der Waals surface area contributed by atoms with Crippen molar-refractivity contribution in [1.29, 1.82) is 0 Å². The minimum Gasteiger partial charge on any atom is -0.383 e. The van der Waals surface area contributed by atoms with Crippen molar-refractivity contribution in [2.24, 2.45) is 0 Å². The maximum atomic E-state index is 6.06. The Morgan fingerprint density at radius 3 is 2.42 bits per heavy atom. The highest BCUT2D eigenvalue weighted by Crippen LogP contribution is 2.28. The number of halogens is 1. The average molecular weight is 271 g/mol. The smallest absolute Gasteiger partial charge is 0.131 e. The third kappa shape index (κ3) is 2.54. The van der Waals surface area contributed by atoms with Gasteiger partial charge in [0.25, 0.3) is 0 Å². The Kier molecular flexibility index (Phi) is 3.72. The minimum atomic E-state index is 0. The van der Waals surface area contributed by atoms with E-state index in [1.807, 2.05) is 30.3 Å². The summed E-state index contributed by atoms with van der Waals surface area (Å²) < 4.78 is 0. The van der Waals surface area contributed by atoms with Crippen molar-refractivity contribution in [3.63, 3.8) is 0 Å². The van der Waals surface area contributed by atoms with Crippen LogP contribution in [0.1, 0.15) is 5.56 Å². The molecule has 0 fully saturated rings. The Morgan fingerprint density at radius 1 is 0.947 bits per heavy atom. The quantitative estimate of drug-likeness (QED) is 0.719. The Hall–Kier alpha value is -2.06. The van der Waals surface area contributed by atoms with Crippen molar-refractivity contribution in [1.82, 2.24) is 4.98 Å². The molecule has 0 saturated heterocycles. The normalized spacial score (nSPS) is 10.2. The van der Waals surface area contributed by atoms with E-state index >= 15 is 0 Å². The molecule has 2 aromatic carbocycles. The van der Waals surface area contributed by atoms with Gasteiger partial charge in [-0.3, -0.25) is 0 Å². The van der Waals surface area contributed by atoms with E-state index in [1.165, 1.54) is 5.56 Å². The van der Waals surface area contributed by atoms with E-state index in [4.69, 9.17) is 5.73 Å². The minimum absolute atomic E-state index is 0. The number of aromatic nitrogens is 1. The SMILES string of the molecule is Cc1ccc2cc(-c3ccccc3)c(N)nc2c1.Cl. The van der Waals surface area contributed by atoms with Gasteiger partial charge < -0.3 is 5.73 Å². The van der Waals surface area contributed by atoms with E-state index < -0.39 is 0 Å². The van der Waals surface area contributed by atoms with E-state index in [2.05, 4.69) is 36.2 Å². The summed E-state index contributed by atoms with van der Waals surface area (Å²) in [5, 5.41) is 1.12. The van der Waals surface area contributed by atoms with Crippen molar-refractivity contribution < 1.29 is 0 Å². The monoisotopic (exact) mass is 270 g/mol. The van der Waals surface area contributed by atoms with E-state index in [1.54, 1.807) is 0 Å². The summed E-state index contributed by atoms with van der Waals surface area (Å²) in [7, 11) is 0. The zero-order valence-electron chi connectivity index (χ0n) is 10.6. The molecule has 0 unspecified atom stereocenters. The van der Waals surface area contributed by atoms with Crippen LogP contribution < -0.4 is 5.73 Å². The molecule has 19 heavy (non-hydrogen) atoms. The largest absolute Gasteiger partial charge is 0.383 e. The highest BCUT2D eigenvalue weighted by molar-refractivity contribution is 5.89. The molecule has 96 valence electrons. The molecule has 0 saturated carbocycles. The topological polar surface area (TPSA) is 38.9 Å². The van der Waals surface area contributed by atoms with Crippen LogP contribution in [0.15, 0.2) is 54.6 Å². The van der Waals surface area contributed by atoms with Gasteiger partial charge in [0.05, 0.1) is 5.52 Å². The fourth-order valence-electron chi connectivity index (χ4n) is 2.14. The van der Waals surface area contributed by atoms with E-state index in [0.717, 1.165) is 22.0 Å². The molecule has 0 aliphatic carbocycles. The zero-order valence-corrected chi connectivity index (χ0v) is 11.4. The van der Waals surface area contributed by atoms with Gasteiger partial charge in [-0.15, -0.1) is 12.4 Å². The lowest BCUT2D eigenvalue weighted by Crippen LogP contribution is -1.95. The van der Waals surface area contributed by atoms with Crippen LogP contribution in [-0.4, -0.2) is 4.98 Å². The molecule has 3 rings (SSSR count). The zero-order chi connectivity index (χ0) is 12.5. The van der Waals surface area contributed by atoms with Crippen molar-refractivity contribution >= 4 is 29.1 Å². The van der Waals surface area contributed by atoms with Crippen molar-refractivity contribution in [2.75, 3.05) is 5.73 Å². The molecule has 3 heteroatoms. The summed E-state index contributed by atoms with van der Waals surface area (Å²) in [4.78, 5) is 4.49. The number of nitrogen functional groups attached to an aromatic ring is 1. The molecule has 0 aliphatic heterocycles. The third-order valence-corrected chi connectivity index (χ3v) is 3.09. The fraction of sp³-hybridized carbons (Fsp3) is 0.0625. The van der Waals surface area contributed by atoms with Gasteiger partial charge in [0.15, 0.2) is 0 Å². The number of rotatable bonds is 1. The Balaban J connectivity index is 0.00000133. The Labute approximate surface area is 118 Å². The molecule has 0 atom stereocenters. The summed E-state index contributed by atoms with van der Waals surface area (Å²) in [5.74, 6) is 0.583. The van der Waals surface area contributed by atoms with Crippen molar-refractivity contribution in [3.8, 4) is 11.1 Å². The first-order valence-electron chi connectivity index (χ1n) is 5.96. The van der Waals surface area contributed by atoms with Crippen LogP contribution in [0.2, 0.25) is 0 Å². The highest BCUT2D eigenvalue weighted by atomic mass is 35.5. The second-order valence-electron chi connectivity index (χ2n) is 4.48. The summed E-state index contributed by atoms with van der Waals surface area (Å²) >= 11 is 0. The number of nitrogens with two attached hydrogens (primary N) is 1. The number of fused-ring (bicyclic) bond motifs is 1. The van der Waals surface area contributed by atoms with Gasteiger partial charge in [-0.1, -0.05) is 42.5 Å². The second kappa shape index (κ2) is 5.29. The van der Waals surface area contributed by atoms with Crippen LogP contribution in [0.25, 0.3) is 22.0 Å². The molecule has 0 aliphatic rings. The number of pyridine rings is 1. The summed E-state index contributed by atoms with van der Waals surface area (Å²) in [6.45, 7) is 2.06. The maximum Gasteiger partial charge on any atom is 0.131 e. The van der Waals surface area contributed by atoms with Crippen LogP contribution >= 0.6 is 12.4 Å². The molecular formula is C16H15ClN2. The molecule has 2 N–H and O–H groups in total. The van der Waals surface area contributed by atoms with Gasteiger partial charge in [-0.05, 0) is 30.2 Å². The summed E-state index contributed by atoms with van der Waals surface area (Å²) in [6, 6.07) is 18.5. The number of nitrogens with zero attached hydrogens (tertiary/aromatic N) is 1. The van der Waals surface area contributed by atoms with Gasteiger partial charge in [0.2, 0.25) is 0 Å². The Morgan fingerprint density at radius 2 is 1.68 bits per heavy atom. The number of benzene rings is 2. The average Bonchev–Trinajstić information content (AvgIpc) is 2.39. The summed E-state index contributed by atoms with van der Waals surface area (Å²) in [6.07, 6.45) is 0. The molecule has 0 spiro atoms. The number of aryl methyl sites for hydroxylation is 1. The lowest BCUT2D eigenvalue weighted by Gasteiger charge is -2.07. The predicted octanol–water partition coefficient (Wildman–Crippen LogP) is 4.21. The van der Waals surface area contributed by atoms with E-state index in [9.17, 15) is 0 Å². The van der Waals surface area contributed by atoms with Crippen LogP contribution in [-0.2, 0) is 0 Å². The first-order valence-corrected chi connectivity index (χ1v) is 5.96. The maximum absolute atomic E-state index is 6.06. The molecule has 0 bridgehead atoms. The van der Waals surface area contributed by atoms with Crippen LogP contribution in [0.3, 0.4) is 0 Å². The molecule has 3 aromatic rings. The third-order valence-electron chi connectivity index (χ3n) is 3.09.